The van der Waals surface area contributed by atoms with E-state index in [1.54, 1.807) is 7.11 Å². The number of fused-ring (bicyclic) bond motifs is 2. The van der Waals surface area contributed by atoms with Crippen LogP contribution in [-0.2, 0) is 0 Å². The molecule has 5 heteroatoms. The molecule has 3 aromatic rings. The summed E-state index contributed by atoms with van der Waals surface area (Å²) in [6, 6.07) is 12.3. The van der Waals surface area contributed by atoms with E-state index in [0.717, 1.165) is 52.6 Å². The molecule has 0 fully saturated rings. The lowest BCUT2D eigenvalue weighted by molar-refractivity contribution is 0.384. The second-order valence-electron chi connectivity index (χ2n) is 6.87. The van der Waals surface area contributed by atoms with Crippen molar-refractivity contribution in [2.24, 2.45) is 0 Å². The molecule has 26 heavy (non-hydrogen) atoms. The van der Waals surface area contributed by atoms with Gasteiger partial charge >= 0.3 is 0 Å². The molecule has 2 aromatic carbocycles. The third kappa shape index (κ3) is 4.02. The Bertz CT molecular complexity index is 911. The van der Waals surface area contributed by atoms with Crippen LogP contribution in [0.4, 0.5) is 5.69 Å². The van der Waals surface area contributed by atoms with E-state index in [9.17, 15) is 0 Å². The van der Waals surface area contributed by atoms with E-state index < -0.39 is 0 Å². The number of rotatable bonds is 7. The van der Waals surface area contributed by atoms with Crippen molar-refractivity contribution >= 4 is 39.1 Å². The van der Waals surface area contributed by atoms with Crippen LogP contribution >= 0.6 is 11.6 Å². The Balaban J connectivity index is 2.14. The van der Waals surface area contributed by atoms with Gasteiger partial charge in [-0.15, -0.1) is 0 Å². The molecule has 138 valence electrons. The van der Waals surface area contributed by atoms with Crippen LogP contribution in [0.25, 0.3) is 21.8 Å². The molecule has 1 unspecified atom stereocenters. The van der Waals surface area contributed by atoms with Crippen LogP contribution in [0, 0.1) is 0 Å². The Hall–Kier alpha value is -2.04. The van der Waals surface area contributed by atoms with Crippen molar-refractivity contribution in [2.45, 2.75) is 25.8 Å². The Morgan fingerprint density at radius 1 is 1.12 bits per heavy atom. The number of benzene rings is 2. The van der Waals surface area contributed by atoms with Crippen LogP contribution < -0.4 is 10.1 Å². The highest BCUT2D eigenvalue weighted by Gasteiger charge is 2.14. The number of nitrogens with zero attached hydrogens (tertiary/aromatic N) is 2. The third-order valence-electron chi connectivity index (χ3n) is 4.71. The Kier molecular flexibility index (Phi) is 5.84. The first-order valence-corrected chi connectivity index (χ1v) is 9.38. The molecule has 0 aliphatic rings. The van der Waals surface area contributed by atoms with E-state index in [-0.39, 0.29) is 0 Å². The lowest BCUT2D eigenvalue weighted by Crippen LogP contribution is -2.25. The summed E-state index contributed by atoms with van der Waals surface area (Å²) < 4.78 is 5.44. The molecular formula is C21H26ClN3O. The monoisotopic (exact) mass is 371 g/mol. The van der Waals surface area contributed by atoms with E-state index in [0.29, 0.717) is 11.1 Å². The van der Waals surface area contributed by atoms with Crippen molar-refractivity contribution in [1.29, 1.82) is 0 Å². The largest absolute Gasteiger partial charge is 0.497 e. The molecule has 1 heterocycles. The van der Waals surface area contributed by atoms with Crippen LogP contribution in [-0.4, -0.2) is 43.7 Å². The minimum Gasteiger partial charge on any atom is -0.497 e. The van der Waals surface area contributed by atoms with Crippen LogP contribution in [0.5, 0.6) is 5.75 Å². The van der Waals surface area contributed by atoms with Crippen molar-refractivity contribution in [2.75, 3.05) is 33.1 Å². The van der Waals surface area contributed by atoms with Gasteiger partial charge in [0.2, 0.25) is 0 Å². The zero-order valence-electron chi connectivity index (χ0n) is 15.8. The van der Waals surface area contributed by atoms with E-state index in [1.807, 2.05) is 30.3 Å². The SMILES string of the molecule is CCC(CCN(C)C)Nc1c2ccc(Cl)cc2nc2ccc(OC)cc12. The highest BCUT2D eigenvalue weighted by molar-refractivity contribution is 6.31. The van der Waals surface area contributed by atoms with Crippen molar-refractivity contribution in [3.63, 3.8) is 0 Å². The first-order valence-electron chi connectivity index (χ1n) is 9.00. The summed E-state index contributed by atoms with van der Waals surface area (Å²) in [4.78, 5) is 7.01. The molecule has 3 rings (SSSR count). The fraction of sp³-hybridized carbons (Fsp3) is 0.381. The van der Waals surface area contributed by atoms with E-state index in [2.05, 4.69) is 37.3 Å². The van der Waals surface area contributed by atoms with Gasteiger partial charge in [-0.1, -0.05) is 18.5 Å². The van der Waals surface area contributed by atoms with Gasteiger partial charge in [0.1, 0.15) is 5.75 Å². The van der Waals surface area contributed by atoms with Gasteiger partial charge in [-0.3, -0.25) is 0 Å². The number of methoxy groups -OCH3 is 1. The number of halogens is 1. The van der Waals surface area contributed by atoms with Crippen LogP contribution in [0.2, 0.25) is 5.02 Å². The predicted molar refractivity (Wildman–Crippen MR) is 112 cm³/mol. The lowest BCUT2D eigenvalue weighted by Gasteiger charge is -2.23. The predicted octanol–water partition coefficient (Wildman–Crippen LogP) is 5.19. The second kappa shape index (κ2) is 8.11. The molecule has 0 aliphatic heterocycles. The second-order valence-corrected chi connectivity index (χ2v) is 7.31. The van der Waals surface area contributed by atoms with Crippen LogP contribution in [0.1, 0.15) is 19.8 Å². The molecule has 0 amide bonds. The number of hydrogen-bond donors (Lipinski definition) is 1. The van der Waals surface area contributed by atoms with Gasteiger partial charge in [-0.2, -0.15) is 0 Å². The first-order chi connectivity index (χ1) is 12.5. The van der Waals surface area contributed by atoms with Gasteiger partial charge in [0.15, 0.2) is 0 Å². The fourth-order valence-corrected chi connectivity index (χ4v) is 3.34. The maximum absolute atomic E-state index is 6.20. The topological polar surface area (TPSA) is 37.4 Å². The number of hydrogen-bond acceptors (Lipinski definition) is 4. The Morgan fingerprint density at radius 3 is 2.62 bits per heavy atom. The van der Waals surface area contributed by atoms with Gasteiger partial charge in [-0.05, 0) is 69.9 Å². The minimum atomic E-state index is 0.382. The van der Waals surface area contributed by atoms with Crippen molar-refractivity contribution in [3.8, 4) is 5.75 Å². The molecule has 0 radical (unpaired) electrons. The molecule has 0 bridgehead atoms. The molecular weight excluding hydrogens is 346 g/mol. The maximum atomic E-state index is 6.20. The number of anilines is 1. The number of ether oxygens (including phenoxy) is 1. The van der Waals surface area contributed by atoms with Gasteiger partial charge in [0.25, 0.3) is 0 Å². The van der Waals surface area contributed by atoms with Gasteiger partial charge in [0.05, 0.1) is 23.8 Å². The summed E-state index contributed by atoms with van der Waals surface area (Å²) >= 11 is 6.20. The summed E-state index contributed by atoms with van der Waals surface area (Å²) in [5.41, 5.74) is 2.94. The number of aromatic nitrogens is 1. The summed E-state index contributed by atoms with van der Waals surface area (Å²) in [6.07, 6.45) is 2.13. The maximum Gasteiger partial charge on any atom is 0.119 e. The third-order valence-corrected chi connectivity index (χ3v) is 4.94. The Labute approximate surface area is 160 Å². The van der Waals surface area contributed by atoms with Crippen molar-refractivity contribution in [3.05, 3.63) is 41.4 Å². The molecule has 1 atom stereocenters. The Morgan fingerprint density at radius 2 is 1.92 bits per heavy atom. The normalized spacial score (nSPS) is 12.7. The van der Waals surface area contributed by atoms with Crippen molar-refractivity contribution in [1.82, 2.24) is 9.88 Å². The number of nitrogens with one attached hydrogen (secondary N) is 1. The van der Waals surface area contributed by atoms with E-state index >= 15 is 0 Å². The smallest absolute Gasteiger partial charge is 0.119 e. The number of pyridine rings is 1. The zero-order valence-corrected chi connectivity index (χ0v) is 16.6. The molecule has 0 aliphatic carbocycles. The average Bonchev–Trinajstić information content (AvgIpc) is 2.63. The molecule has 1 N–H and O–H groups in total. The van der Waals surface area contributed by atoms with Crippen LogP contribution in [0.3, 0.4) is 0 Å². The first kappa shape index (κ1) is 18.7. The minimum absolute atomic E-state index is 0.382. The van der Waals surface area contributed by atoms with Gasteiger partial charge in [-0.25, -0.2) is 4.98 Å². The highest BCUT2D eigenvalue weighted by Crippen LogP contribution is 2.35. The average molecular weight is 372 g/mol. The molecule has 1 aromatic heterocycles. The summed E-state index contributed by atoms with van der Waals surface area (Å²) in [7, 11) is 5.90. The molecule has 4 nitrogen and oxygen atoms in total. The highest BCUT2D eigenvalue weighted by atomic mass is 35.5. The lowest BCUT2D eigenvalue weighted by atomic mass is 10.0. The van der Waals surface area contributed by atoms with E-state index in [1.165, 1.54) is 0 Å². The summed E-state index contributed by atoms with van der Waals surface area (Å²) in [5, 5.41) is 6.63. The van der Waals surface area contributed by atoms with E-state index in [4.69, 9.17) is 21.3 Å². The zero-order chi connectivity index (χ0) is 18.7. The summed E-state index contributed by atoms with van der Waals surface area (Å²) in [6.45, 7) is 3.26. The molecule has 0 saturated carbocycles. The van der Waals surface area contributed by atoms with Gasteiger partial charge < -0.3 is 15.0 Å². The van der Waals surface area contributed by atoms with Crippen molar-refractivity contribution < 1.29 is 4.74 Å². The quantitative estimate of drug-likeness (QED) is 0.580. The molecule has 0 spiro atoms. The standard InChI is InChI=1S/C21H26ClN3O/c1-5-15(10-11-25(2)3)23-21-17-8-6-14(22)12-20(17)24-19-9-7-16(26-4)13-18(19)21/h6-9,12-13,15H,5,10-11H2,1-4H3,(H,23,24). The summed E-state index contributed by atoms with van der Waals surface area (Å²) in [5.74, 6) is 0.831. The van der Waals surface area contributed by atoms with Gasteiger partial charge in [0, 0.05) is 21.8 Å². The fourth-order valence-electron chi connectivity index (χ4n) is 3.18. The van der Waals surface area contributed by atoms with Crippen LogP contribution in [0.15, 0.2) is 36.4 Å². The molecule has 0 saturated heterocycles.